The van der Waals surface area contributed by atoms with Gasteiger partial charge >= 0.3 is 0 Å². The number of nitrogens with zero attached hydrogens (tertiary/aromatic N) is 2. The van der Waals surface area contributed by atoms with E-state index >= 15 is 0 Å². The molecule has 0 saturated carbocycles. The van der Waals surface area contributed by atoms with E-state index in [1.165, 1.54) is 11.9 Å². The molecule has 0 radical (unpaired) electrons. The molecular formula is C14H18N4O. The molecular weight excluding hydrogens is 240 g/mol. The van der Waals surface area contributed by atoms with Gasteiger partial charge in [0.25, 0.3) is 0 Å². The lowest BCUT2D eigenvalue weighted by atomic mass is 10.2. The number of aromatic nitrogens is 2. The van der Waals surface area contributed by atoms with Gasteiger partial charge in [-0.1, -0.05) is 12.1 Å². The van der Waals surface area contributed by atoms with Crippen LogP contribution in [-0.4, -0.2) is 28.2 Å². The van der Waals surface area contributed by atoms with Gasteiger partial charge in [0.05, 0.1) is 0 Å². The molecule has 0 atom stereocenters. The topological polar surface area (TPSA) is 70.1 Å². The van der Waals surface area contributed by atoms with Crippen LogP contribution < -0.4 is 10.6 Å². The van der Waals surface area contributed by atoms with Gasteiger partial charge in [-0.05, 0) is 31.0 Å². The van der Waals surface area contributed by atoms with Crippen LogP contribution in [0.3, 0.4) is 0 Å². The second-order valence-electron chi connectivity index (χ2n) is 4.29. The van der Waals surface area contributed by atoms with Crippen LogP contribution in [0, 0.1) is 6.92 Å². The van der Waals surface area contributed by atoms with Crippen molar-refractivity contribution in [2.75, 3.05) is 23.8 Å². The molecule has 1 aromatic carbocycles. The number of aliphatic hydroxyl groups excluding tert-OH is 1. The molecule has 5 heteroatoms. The summed E-state index contributed by atoms with van der Waals surface area (Å²) in [5.74, 6) is 1.49. The van der Waals surface area contributed by atoms with Crippen molar-refractivity contribution in [3.8, 4) is 0 Å². The average Bonchev–Trinajstić information content (AvgIpc) is 2.39. The zero-order valence-electron chi connectivity index (χ0n) is 10.9. The van der Waals surface area contributed by atoms with E-state index in [0.717, 1.165) is 17.3 Å². The second kappa shape index (κ2) is 6.70. The summed E-state index contributed by atoms with van der Waals surface area (Å²) in [6.07, 6.45) is 2.21. The monoisotopic (exact) mass is 258 g/mol. The van der Waals surface area contributed by atoms with Crippen LogP contribution >= 0.6 is 0 Å². The van der Waals surface area contributed by atoms with E-state index in [1.807, 2.05) is 31.2 Å². The summed E-state index contributed by atoms with van der Waals surface area (Å²) in [5, 5.41) is 15.1. The quantitative estimate of drug-likeness (QED) is 0.694. The van der Waals surface area contributed by atoms with Crippen LogP contribution in [0.5, 0.6) is 0 Å². The fraction of sp³-hybridized carbons (Fsp3) is 0.286. The molecule has 0 aliphatic heterocycles. The summed E-state index contributed by atoms with van der Waals surface area (Å²) in [5.41, 5.74) is 2.19. The van der Waals surface area contributed by atoms with Crippen molar-refractivity contribution >= 4 is 17.3 Å². The first-order valence-corrected chi connectivity index (χ1v) is 6.28. The highest BCUT2D eigenvalue weighted by atomic mass is 16.3. The highest BCUT2D eigenvalue weighted by Crippen LogP contribution is 2.17. The van der Waals surface area contributed by atoms with Crippen LogP contribution in [-0.2, 0) is 0 Å². The molecule has 19 heavy (non-hydrogen) atoms. The number of hydrogen-bond acceptors (Lipinski definition) is 5. The maximum absolute atomic E-state index is 8.73. The predicted molar refractivity (Wildman–Crippen MR) is 76.7 cm³/mol. The number of hydrogen-bond donors (Lipinski definition) is 3. The first kappa shape index (κ1) is 13.3. The van der Waals surface area contributed by atoms with E-state index < -0.39 is 0 Å². The Morgan fingerprint density at radius 1 is 1.16 bits per heavy atom. The maximum Gasteiger partial charge on any atom is 0.135 e. The van der Waals surface area contributed by atoms with Crippen molar-refractivity contribution < 1.29 is 5.11 Å². The van der Waals surface area contributed by atoms with Crippen molar-refractivity contribution in [1.82, 2.24) is 9.97 Å². The number of anilines is 3. The predicted octanol–water partition coefficient (Wildman–Crippen LogP) is 2.32. The summed E-state index contributed by atoms with van der Waals surface area (Å²) in [7, 11) is 0. The Labute approximate surface area is 112 Å². The van der Waals surface area contributed by atoms with Gasteiger partial charge in [0.15, 0.2) is 0 Å². The van der Waals surface area contributed by atoms with Gasteiger partial charge in [-0.15, -0.1) is 0 Å². The Morgan fingerprint density at radius 2 is 2.00 bits per heavy atom. The number of aliphatic hydroxyl groups is 1. The molecule has 0 fully saturated rings. The van der Waals surface area contributed by atoms with E-state index in [4.69, 9.17) is 5.11 Å². The van der Waals surface area contributed by atoms with Crippen LogP contribution in [0.1, 0.15) is 12.0 Å². The van der Waals surface area contributed by atoms with Gasteiger partial charge in [-0.2, -0.15) is 0 Å². The fourth-order valence-corrected chi connectivity index (χ4v) is 1.69. The average molecular weight is 258 g/mol. The minimum atomic E-state index is 0.173. The molecule has 1 heterocycles. The Morgan fingerprint density at radius 3 is 2.79 bits per heavy atom. The van der Waals surface area contributed by atoms with Gasteiger partial charge in [-0.3, -0.25) is 0 Å². The SMILES string of the molecule is Cc1cccc(Nc2cc(NCCCO)ncn2)c1. The normalized spacial score (nSPS) is 10.2. The number of benzene rings is 1. The third-order valence-corrected chi connectivity index (χ3v) is 2.60. The van der Waals surface area contributed by atoms with E-state index in [0.29, 0.717) is 13.0 Å². The summed E-state index contributed by atoms with van der Waals surface area (Å²) < 4.78 is 0. The highest BCUT2D eigenvalue weighted by molar-refractivity contribution is 5.59. The largest absolute Gasteiger partial charge is 0.396 e. The van der Waals surface area contributed by atoms with Crippen molar-refractivity contribution in [2.24, 2.45) is 0 Å². The third-order valence-electron chi connectivity index (χ3n) is 2.60. The zero-order chi connectivity index (χ0) is 13.5. The van der Waals surface area contributed by atoms with Crippen molar-refractivity contribution in [3.63, 3.8) is 0 Å². The molecule has 0 unspecified atom stereocenters. The van der Waals surface area contributed by atoms with Crippen LogP contribution in [0.15, 0.2) is 36.7 Å². The molecule has 1 aromatic heterocycles. The Bertz CT molecular complexity index is 530. The van der Waals surface area contributed by atoms with Gasteiger partial charge < -0.3 is 15.7 Å². The van der Waals surface area contributed by atoms with Gasteiger partial charge in [0, 0.05) is 24.9 Å². The molecule has 2 rings (SSSR count). The van der Waals surface area contributed by atoms with Gasteiger partial charge in [0.1, 0.15) is 18.0 Å². The van der Waals surface area contributed by atoms with Crippen molar-refractivity contribution in [3.05, 3.63) is 42.2 Å². The Kier molecular flexibility index (Phi) is 4.69. The number of nitrogens with one attached hydrogen (secondary N) is 2. The van der Waals surface area contributed by atoms with Crippen LogP contribution in [0.4, 0.5) is 17.3 Å². The van der Waals surface area contributed by atoms with Crippen molar-refractivity contribution in [2.45, 2.75) is 13.3 Å². The molecule has 5 nitrogen and oxygen atoms in total. The van der Waals surface area contributed by atoms with Crippen LogP contribution in [0.25, 0.3) is 0 Å². The molecule has 100 valence electrons. The lowest BCUT2D eigenvalue weighted by molar-refractivity contribution is 0.292. The Balaban J connectivity index is 2.02. The van der Waals surface area contributed by atoms with E-state index in [2.05, 4.69) is 26.7 Å². The summed E-state index contributed by atoms with van der Waals surface area (Å²) in [6.45, 7) is 2.91. The molecule has 0 amide bonds. The number of rotatable bonds is 6. The minimum absolute atomic E-state index is 0.173. The molecule has 0 aliphatic rings. The minimum Gasteiger partial charge on any atom is -0.396 e. The highest BCUT2D eigenvalue weighted by Gasteiger charge is 1.99. The molecule has 0 bridgehead atoms. The van der Waals surface area contributed by atoms with Crippen molar-refractivity contribution in [1.29, 1.82) is 0 Å². The Hall–Kier alpha value is -2.14. The van der Waals surface area contributed by atoms with Gasteiger partial charge in [-0.25, -0.2) is 9.97 Å². The van der Waals surface area contributed by atoms with E-state index in [-0.39, 0.29) is 6.61 Å². The third kappa shape index (κ3) is 4.22. The zero-order valence-corrected chi connectivity index (χ0v) is 10.9. The maximum atomic E-state index is 8.73. The molecule has 2 aromatic rings. The van der Waals surface area contributed by atoms with Gasteiger partial charge in [0.2, 0.25) is 0 Å². The smallest absolute Gasteiger partial charge is 0.135 e. The molecule has 3 N–H and O–H groups in total. The molecule has 0 saturated heterocycles. The first-order chi connectivity index (χ1) is 9.28. The summed E-state index contributed by atoms with van der Waals surface area (Å²) in [4.78, 5) is 8.31. The molecule has 0 spiro atoms. The van der Waals surface area contributed by atoms with Crippen LogP contribution in [0.2, 0.25) is 0 Å². The second-order valence-corrected chi connectivity index (χ2v) is 4.29. The van der Waals surface area contributed by atoms with E-state index in [9.17, 15) is 0 Å². The number of aryl methyl sites for hydroxylation is 1. The fourth-order valence-electron chi connectivity index (χ4n) is 1.69. The summed E-state index contributed by atoms with van der Waals surface area (Å²) >= 11 is 0. The lowest BCUT2D eigenvalue weighted by Gasteiger charge is -2.08. The standard InChI is InChI=1S/C14H18N4O/c1-11-4-2-5-12(8-11)18-14-9-13(16-10-17-14)15-6-3-7-19/h2,4-5,8-10,19H,3,6-7H2,1H3,(H2,15,16,17,18). The lowest BCUT2D eigenvalue weighted by Crippen LogP contribution is -2.06. The van der Waals surface area contributed by atoms with E-state index in [1.54, 1.807) is 0 Å². The summed E-state index contributed by atoms with van der Waals surface area (Å²) in [6, 6.07) is 9.95. The first-order valence-electron chi connectivity index (χ1n) is 6.28. The molecule has 0 aliphatic carbocycles.